The normalized spacial score (nSPS) is 22.1. The molecule has 1 unspecified atom stereocenters. The van der Waals surface area contributed by atoms with Crippen LogP contribution in [-0.2, 0) is 0 Å². The van der Waals surface area contributed by atoms with E-state index in [0.29, 0.717) is 24.9 Å². The second kappa shape index (κ2) is 6.32. The summed E-state index contributed by atoms with van der Waals surface area (Å²) >= 11 is 4.31. The highest BCUT2D eigenvalue weighted by Gasteiger charge is 2.41. The summed E-state index contributed by atoms with van der Waals surface area (Å²) < 4.78 is 37.5. The molecule has 1 heterocycles. The monoisotopic (exact) mass is 269 g/mol. The minimum Gasteiger partial charge on any atom is -0.303 e. The predicted molar refractivity (Wildman–Crippen MR) is 67.4 cm³/mol. The zero-order valence-corrected chi connectivity index (χ0v) is 11.4. The molecule has 102 valence electrons. The van der Waals surface area contributed by atoms with Crippen molar-refractivity contribution >= 4 is 12.6 Å². The lowest BCUT2D eigenvalue weighted by Gasteiger charge is -2.35. The van der Waals surface area contributed by atoms with Crippen molar-refractivity contribution in [1.82, 2.24) is 4.90 Å². The van der Waals surface area contributed by atoms with Gasteiger partial charge >= 0.3 is 6.18 Å². The second-order valence-electron chi connectivity index (χ2n) is 5.30. The third-order valence-corrected chi connectivity index (χ3v) is 4.19. The van der Waals surface area contributed by atoms with Gasteiger partial charge in [-0.25, -0.2) is 0 Å². The van der Waals surface area contributed by atoms with E-state index in [1.54, 1.807) is 0 Å². The zero-order chi connectivity index (χ0) is 13.1. The van der Waals surface area contributed by atoms with Crippen molar-refractivity contribution < 1.29 is 13.2 Å². The number of alkyl halides is 3. The lowest BCUT2D eigenvalue weighted by atomic mass is 9.93. The highest BCUT2D eigenvalue weighted by Crippen LogP contribution is 2.34. The summed E-state index contributed by atoms with van der Waals surface area (Å²) in [7, 11) is 0. The molecule has 0 N–H and O–H groups in total. The summed E-state index contributed by atoms with van der Waals surface area (Å²) in [5.41, 5.74) is 0. The Hall–Kier alpha value is 0.100. The molecule has 5 heteroatoms. The van der Waals surface area contributed by atoms with Crippen LogP contribution in [0.1, 0.15) is 26.7 Å². The van der Waals surface area contributed by atoms with Gasteiger partial charge in [-0.1, -0.05) is 13.8 Å². The topological polar surface area (TPSA) is 3.24 Å². The van der Waals surface area contributed by atoms with Crippen LogP contribution < -0.4 is 0 Å². The fourth-order valence-corrected chi connectivity index (χ4v) is 2.79. The molecule has 0 aromatic carbocycles. The molecule has 1 fully saturated rings. The van der Waals surface area contributed by atoms with Crippen LogP contribution in [0.3, 0.4) is 0 Å². The summed E-state index contributed by atoms with van der Waals surface area (Å²) in [4.78, 5) is 2.16. The van der Waals surface area contributed by atoms with E-state index in [0.717, 1.165) is 12.3 Å². The average molecular weight is 269 g/mol. The molecule has 1 atom stereocenters. The Morgan fingerprint density at radius 2 is 1.76 bits per heavy atom. The van der Waals surface area contributed by atoms with E-state index in [2.05, 4.69) is 31.4 Å². The molecule has 0 saturated carbocycles. The van der Waals surface area contributed by atoms with Gasteiger partial charge in [0.1, 0.15) is 0 Å². The highest BCUT2D eigenvalue weighted by atomic mass is 32.1. The number of halogens is 3. The fraction of sp³-hybridized carbons (Fsp3) is 1.00. The van der Waals surface area contributed by atoms with E-state index in [4.69, 9.17) is 0 Å². The SMILES string of the molecule is CC(C)C(CS)CN1CCC(C(F)(F)F)CC1. The molecule has 0 aromatic heterocycles. The molecular formula is C12H22F3NS. The van der Waals surface area contributed by atoms with Crippen molar-refractivity contribution in [2.24, 2.45) is 17.8 Å². The van der Waals surface area contributed by atoms with Crippen LogP contribution in [0.4, 0.5) is 13.2 Å². The molecule has 1 saturated heterocycles. The van der Waals surface area contributed by atoms with Crippen molar-refractivity contribution in [3.05, 3.63) is 0 Å². The van der Waals surface area contributed by atoms with Crippen molar-refractivity contribution in [1.29, 1.82) is 0 Å². The lowest BCUT2D eigenvalue weighted by molar-refractivity contribution is -0.185. The molecular weight excluding hydrogens is 247 g/mol. The van der Waals surface area contributed by atoms with Crippen molar-refractivity contribution in [3.63, 3.8) is 0 Å². The first-order valence-electron chi connectivity index (χ1n) is 6.24. The number of hydrogen-bond donors (Lipinski definition) is 1. The molecule has 0 radical (unpaired) electrons. The van der Waals surface area contributed by atoms with Gasteiger partial charge in [0, 0.05) is 6.54 Å². The molecule has 1 aliphatic heterocycles. The highest BCUT2D eigenvalue weighted by molar-refractivity contribution is 7.80. The molecule has 0 bridgehead atoms. The van der Waals surface area contributed by atoms with E-state index >= 15 is 0 Å². The summed E-state index contributed by atoms with van der Waals surface area (Å²) in [5.74, 6) is 0.720. The maximum atomic E-state index is 12.5. The van der Waals surface area contributed by atoms with Crippen molar-refractivity contribution in [3.8, 4) is 0 Å². The number of thiol groups is 1. The van der Waals surface area contributed by atoms with Gasteiger partial charge in [-0.15, -0.1) is 0 Å². The van der Waals surface area contributed by atoms with Crippen LogP contribution in [-0.4, -0.2) is 36.5 Å². The molecule has 0 aromatic rings. The van der Waals surface area contributed by atoms with Crippen LogP contribution in [0.5, 0.6) is 0 Å². The van der Waals surface area contributed by atoms with E-state index < -0.39 is 12.1 Å². The molecule has 0 aliphatic carbocycles. The predicted octanol–water partition coefficient (Wildman–Crippen LogP) is 3.46. The molecule has 1 rings (SSSR count). The maximum Gasteiger partial charge on any atom is 0.391 e. The summed E-state index contributed by atoms with van der Waals surface area (Å²) in [6, 6.07) is 0. The fourth-order valence-electron chi connectivity index (χ4n) is 2.25. The van der Waals surface area contributed by atoms with E-state index in [-0.39, 0.29) is 12.8 Å². The van der Waals surface area contributed by atoms with Gasteiger partial charge in [-0.3, -0.25) is 0 Å². The summed E-state index contributed by atoms with van der Waals surface area (Å²) in [5, 5.41) is 0. The van der Waals surface area contributed by atoms with Crippen LogP contribution in [0, 0.1) is 17.8 Å². The number of rotatable bonds is 4. The first-order chi connectivity index (χ1) is 7.84. The smallest absolute Gasteiger partial charge is 0.303 e. The standard InChI is InChI=1S/C12H22F3NS/c1-9(2)10(8-17)7-16-5-3-11(4-6-16)12(13,14)15/h9-11,17H,3-8H2,1-2H3. The van der Waals surface area contributed by atoms with Gasteiger partial charge in [0.05, 0.1) is 5.92 Å². The van der Waals surface area contributed by atoms with Crippen LogP contribution in [0.15, 0.2) is 0 Å². The molecule has 0 spiro atoms. The molecule has 1 aliphatic rings. The van der Waals surface area contributed by atoms with Gasteiger partial charge in [-0.05, 0) is 43.5 Å². The summed E-state index contributed by atoms with van der Waals surface area (Å²) in [6.07, 6.45) is -3.51. The number of piperidine rings is 1. The van der Waals surface area contributed by atoms with E-state index in [9.17, 15) is 13.2 Å². The third kappa shape index (κ3) is 4.70. The van der Waals surface area contributed by atoms with Gasteiger partial charge in [0.15, 0.2) is 0 Å². The van der Waals surface area contributed by atoms with Crippen molar-refractivity contribution in [2.75, 3.05) is 25.4 Å². The van der Waals surface area contributed by atoms with Gasteiger partial charge in [-0.2, -0.15) is 25.8 Å². The minimum absolute atomic E-state index is 0.251. The lowest BCUT2D eigenvalue weighted by Crippen LogP contribution is -2.42. The van der Waals surface area contributed by atoms with E-state index in [1.165, 1.54) is 0 Å². The van der Waals surface area contributed by atoms with Gasteiger partial charge < -0.3 is 4.90 Å². The molecule has 17 heavy (non-hydrogen) atoms. The Labute approximate surface area is 107 Å². The van der Waals surface area contributed by atoms with Crippen LogP contribution >= 0.6 is 12.6 Å². The zero-order valence-electron chi connectivity index (χ0n) is 10.5. The Bertz CT molecular complexity index is 222. The maximum absolute atomic E-state index is 12.5. The third-order valence-electron chi connectivity index (χ3n) is 3.72. The largest absolute Gasteiger partial charge is 0.391 e. The minimum atomic E-state index is -4.01. The summed E-state index contributed by atoms with van der Waals surface area (Å²) in [6.45, 7) is 6.31. The first-order valence-corrected chi connectivity index (χ1v) is 6.87. The number of likely N-dealkylation sites (tertiary alicyclic amines) is 1. The van der Waals surface area contributed by atoms with Gasteiger partial charge in [0.25, 0.3) is 0 Å². The Kier molecular flexibility index (Phi) is 5.64. The van der Waals surface area contributed by atoms with Crippen LogP contribution in [0.25, 0.3) is 0 Å². The average Bonchev–Trinajstić information content (AvgIpc) is 2.25. The first kappa shape index (κ1) is 15.2. The Balaban J connectivity index is 2.37. The number of nitrogens with zero attached hydrogens (tertiary/aromatic N) is 1. The molecule has 0 amide bonds. The van der Waals surface area contributed by atoms with Crippen LogP contribution in [0.2, 0.25) is 0 Å². The van der Waals surface area contributed by atoms with Gasteiger partial charge in [0.2, 0.25) is 0 Å². The second-order valence-corrected chi connectivity index (χ2v) is 5.67. The molecule has 1 nitrogen and oxygen atoms in total. The number of hydrogen-bond acceptors (Lipinski definition) is 2. The van der Waals surface area contributed by atoms with Crippen molar-refractivity contribution in [2.45, 2.75) is 32.9 Å². The van der Waals surface area contributed by atoms with E-state index in [1.807, 2.05) is 0 Å². The Morgan fingerprint density at radius 3 is 2.12 bits per heavy atom. The Morgan fingerprint density at radius 1 is 1.24 bits per heavy atom. The quantitative estimate of drug-likeness (QED) is 0.765.